The van der Waals surface area contributed by atoms with E-state index in [0.29, 0.717) is 33.6 Å². The molecule has 1 aromatic heterocycles. The Morgan fingerprint density at radius 3 is 2.19 bits per heavy atom. The zero-order chi connectivity index (χ0) is 33.7. The number of hydrogen-bond donors (Lipinski definition) is 1. The summed E-state index contributed by atoms with van der Waals surface area (Å²) in [7, 11) is -4.75. The highest BCUT2D eigenvalue weighted by Crippen LogP contribution is 2.29. The number of nitrogens with zero attached hydrogens (tertiary/aromatic N) is 5. The van der Waals surface area contributed by atoms with Crippen molar-refractivity contribution in [2.75, 3.05) is 25.0 Å². The van der Waals surface area contributed by atoms with Gasteiger partial charge in [0.25, 0.3) is 21.6 Å². The van der Waals surface area contributed by atoms with Gasteiger partial charge in [0.2, 0.25) is 5.91 Å². The van der Waals surface area contributed by atoms with Crippen LogP contribution in [-0.2, 0) is 30.9 Å². The van der Waals surface area contributed by atoms with Crippen LogP contribution in [0.4, 0.5) is 20.7 Å². The van der Waals surface area contributed by atoms with Crippen LogP contribution in [0, 0.1) is 15.9 Å². The van der Waals surface area contributed by atoms with E-state index >= 15 is 0 Å². The lowest BCUT2D eigenvalue weighted by molar-refractivity contribution is -0.388. The quantitative estimate of drug-likeness (QED) is 0.206. The second-order valence-electron chi connectivity index (χ2n) is 10.1. The molecule has 2 heterocycles. The number of piperazine rings is 1. The summed E-state index contributed by atoms with van der Waals surface area (Å²) in [6.07, 6.45) is -0.439. The average Bonchev–Trinajstić information content (AvgIpc) is 3.05. The molecule has 3 amide bonds. The van der Waals surface area contributed by atoms with Gasteiger partial charge in [0.05, 0.1) is 17.5 Å². The van der Waals surface area contributed by atoms with Gasteiger partial charge >= 0.3 is 11.8 Å². The van der Waals surface area contributed by atoms with E-state index in [0.717, 1.165) is 9.47 Å². The molecular weight excluding hydrogens is 639 g/mol. The van der Waals surface area contributed by atoms with Gasteiger partial charge in [-0.15, -0.1) is 0 Å². The van der Waals surface area contributed by atoms with Crippen LogP contribution in [-0.4, -0.2) is 69.6 Å². The van der Waals surface area contributed by atoms with Crippen molar-refractivity contribution < 1.29 is 36.9 Å². The number of hydrogen-bond acceptors (Lipinski definition) is 10. The summed E-state index contributed by atoms with van der Waals surface area (Å²) < 4.78 is 46.6. The normalized spacial score (nSPS) is 13.4. The van der Waals surface area contributed by atoms with Gasteiger partial charge in [0.15, 0.2) is 11.0 Å². The first-order valence-electron chi connectivity index (χ1n) is 13.9. The smallest absolute Gasteiger partial charge is 0.413 e. The van der Waals surface area contributed by atoms with Crippen LogP contribution >= 0.6 is 0 Å². The number of anilines is 1. The fourth-order valence-corrected chi connectivity index (χ4v) is 6.31. The van der Waals surface area contributed by atoms with Crippen LogP contribution in [0.15, 0.2) is 101 Å². The first-order chi connectivity index (χ1) is 22.4. The highest BCUT2D eigenvalue weighted by atomic mass is 32.2. The molecular formula is C30H25FN6O9S. The van der Waals surface area contributed by atoms with Crippen LogP contribution in [0.5, 0.6) is 0 Å². The number of carbonyl (C=O) groups excluding carboxylic acids is 3. The number of benzene rings is 3. The molecule has 3 aromatic carbocycles. The second-order valence-corrected chi connectivity index (χ2v) is 11.9. The molecule has 0 atom stereocenters. The third-order valence-electron chi connectivity index (χ3n) is 7.06. The standard InChI is InChI=1S/C30H25FN6O9S/c31-22-11-12-24(23(17-22)37(42)43)47(44,45)36-16-15-34(19-27(36)39)26(38)18-35-14-13-25(32-29(35)40)33-30(41)46-28(20-7-3-1-4-8-20)21-9-5-2-6-10-21/h1-14,17,28H,15-16,18-19H2,(H,32,33,40,41). The molecule has 0 aliphatic carbocycles. The number of carbonyl (C=O) groups is 3. The summed E-state index contributed by atoms with van der Waals surface area (Å²) in [5.41, 5.74) is -0.523. The molecule has 15 nitrogen and oxygen atoms in total. The molecule has 1 fully saturated rings. The van der Waals surface area contributed by atoms with Gasteiger partial charge in [0.1, 0.15) is 24.7 Å². The van der Waals surface area contributed by atoms with Crippen LogP contribution in [0.2, 0.25) is 0 Å². The van der Waals surface area contributed by atoms with E-state index in [-0.39, 0.29) is 12.4 Å². The number of halogens is 1. The summed E-state index contributed by atoms with van der Waals surface area (Å²) in [5, 5.41) is 13.7. The Balaban J connectivity index is 1.21. The maximum atomic E-state index is 13.5. The number of aromatic nitrogens is 2. The summed E-state index contributed by atoms with van der Waals surface area (Å²) >= 11 is 0. The van der Waals surface area contributed by atoms with Crippen molar-refractivity contribution in [1.82, 2.24) is 18.8 Å². The van der Waals surface area contributed by atoms with Crippen molar-refractivity contribution in [3.63, 3.8) is 0 Å². The fourth-order valence-electron chi connectivity index (χ4n) is 4.78. The number of nitro benzene ring substituents is 1. The maximum absolute atomic E-state index is 13.5. The number of nitrogens with one attached hydrogen (secondary N) is 1. The van der Waals surface area contributed by atoms with E-state index in [1.807, 2.05) is 12.1 Å². The molecule has 47 heavy (non-hydrogen) atoms. The van der Waals surface area contributed by atoms with Crippen LogP contribution in [0.25, 0.3) is 0 Å². The third-order valence-corrected chi connectivity index (χ3v) is 8.92. The Morgan fingerprint density at radius 2 is 1.62 bits per heavy atom. The monoisotopic (exact) mass is 664 g/mol. The zero-order valence-corrected chi connectivity index (χ0v) is 25.1. The lowest BCUT2D eigenvalue weighted by atomic mass is 10.0. The molecule has 1 N–H and O–H groups in total. The lowest BCUT2D eigenvalue weighted by Gasteiger charge is -2.33. The molecule has 1 aliphatic rings. The summed E-state index contributed by atoms with van der Waals surface area (Å²) in [5.74, 6) is -2.96. The lowest BCUT2D eigenvalue weighted by Crippen LogP contribution is -2.54. The van der Waals surface area contributed by atoms with Gasteiger partial charge in [-0.25, -0.2) is 26.7 Å². The van der Waals surface area contributed by atoms with E-state index in [1.165, 1.54) is 12.3 Å². The van der Waals surface area contributed by atoms with Crippen molar-refractivity contribution >= 4 is 39.4 Å². The van der Waals surface area contributed by atoms with E-state index in [9.17, 15) is 42.1 Å². The Kier molecular flexibility index (Phi) is 9.36. The number of sulfonamides is 1. The van der Waals surface area contributed by atoms with Gasteiger partial charge in [-0.2, -0.15) is 4.98 Å². The minimum atomic E-state index is -4.75. The Hall–Kier alpha value is -5.97. The molecule has 0 bridgehead atoms. The predicted octanol–water partition coefficient (Wildman–Crippen LogP) is 2.69. The molecule has 1 aliphatic heterocycles. The molecule has 0 radical (unpaired) electrons. The minimum Gasteiger partial charge on any atom is -0.436 e. The predicted molar refractivity (Wildman–Crippen MR) is 162 cm³/mol. The highest BCUT2D eigenvalue weighted by Gasteiger charge is 2.39. The zero-order valence-electron chi connectivity index (χ0n) is 24.3. The first-order valence-corrected chi connectivity index (χ1v) is 15.3. The molecule has 4 aromatic rings. The van der Waals surface area contributed by atoms with Crippen molar-refractivity contribution in [1.29, 1.82) is 0 Å². The molecule has 0 saturated carbocycles. The summed E-state index contributed by atoms with van der Waals surface area (Å²) in [6.45, 7) is -2.09. The van der Waals surface area contributed by atoms with E-state index in [4.69, 9.17) is 4.74 Å². The topological polar surface area (TPSA) is 191 Å². The first kappa shape index (κ1) is 32.4. The maximum Gasteiger partial charge on any atom is 0.413 e. The number of ether oxygens (including phenoxy) is 1. The van der Waals surface area contributed by atoms with Gasteiger partial charge in [-0.05, 0) is 29.3 Å². The second kappa shape index (κ2) is 13.6. The SMILES string of the molecule is O=C(Nc1ccn(CC(=O)N2CCN(S(=O)(=O)c3ccc(F)cc3[N+](=O)[O-])C(=O)C2)c(=O)n1)OC(c1ccccc1)c1ccccc1. The highest BCUT2D eigenvalue weighted by molar-refractivity contribution is 7.89. The molecule has 17 heteroatoms. The summed E-state index contributed by atoms with van der Waals surface area (Å²) in [6, 6.07) is 21.1. The molecule has 0 spiro atoms. The fraction of sp³-hybridized carbons (Fsp3) is 0.167. The van der Waals surface area contributed by atoms with Crippen molar-refractivity contribution in [2.24, 2.45) is 0 Å². The largest absolute Gasteiger partial charge is 0.436 e. The Bertz CT molecular complexity index is 1970. The summed E-state index contributed by atoms with van der Waals surface area (Å²) in [4.78, 5) is 65.3. The van der Waals surface area contributed by atoms with E-state index < -0.39 is 80.7 Å². The van der Waals surface area contributed by atoms with Crippen molar-refractivity contribution in [2.45, 2.75) is 17.5 Å². The average molecular weight is 665 g/mol. The van der Waals surface area contributed by atoms with Crippen LogP contribution in [0.3, 0.4) is 0 Å². The Labute approximate surface area is 266 Å². The van der Waals surface area contributed by atoms with Crippen molar-refractivity contribution in [3.8, 4) is 0 Å². The van der Waals surface area contributed by atoms with Gasteiger partial charge < -0.3 is 9.64 Å². The van der Waals surface area contributed by atoms with Gasteiger partial charge in [0, 0.05) is 12.7 Å². The molecule has 242 valence electrons. The Morgan fingerprint density at radius 1 is 0.979 bits per heavy atom. The van der Waals surface area contributed by atoms with E-state index in [2.05, 4.69) is 10.3 Å². The molecule has 1 saturated heterocycles. The van der Waals surface area contributed by atoms with Gasteiger partial charge in [-0.1, -0.05) is 60.7 Å². The van der Waals surface area contributed by atoms with Crippen LogP contribution < -0.4 is 11.0 Å². The number of amides is 3. The molecule has 0 unspecified atom stereocenters. The van der Waals surface area contributed by atoms with Crippen LogP contribution in [0.1, 0.15) is 17.2 Å². The third kappa shape index (κ3) is 7.30. The van der Waals surface area contributed by atoms with E-state index in [1.54, 1.807) is 48.5 Å². The number of rotatable bonds is 9. The van der Waals surface area contributed by atoms with Gasteiger partial charge in [-0.3, -0.25) is 29.6 Å². The number of nitro groups is 1. The minimum absolute atomic E-state index is 0.146. The van der Waals surface area contributed by atoms with Crippen molar-refractivity contribution in [3.05, 3.63) is 129 Å². The molecule has 5 rings (SSSR count).